The Labute approximate surface area is 120 Å². The average Bonchev–Trinajstić information content (AvgIpc) is 3.16. The minimum atomic E-state index is -0.133. The second kappa shape index (κ2) is 5.95. The molecule has 20 heavy (non-hydrogen) atoms. The molecule has 0 aromatic carbocycles. The Morgan fingerprint density at radius 3 is 2.90 bits per heavy atom. The molecule has 1 aromatic rings. The van der Waals surface area contributed by atoms with Crippen LogP contribution in [0.25, 0.3) is 0 Å². The zero-order valence-electron chi connectivity index (χ0n) is 12.2. The highest BCUT2D eigenvalue weighted by Gasteiger charge is 2.27. The van der Waals surface area contributed by atoms with Gasteiger partial charge in [0, 0.05) is 37.4 Å². The van der Waals surface area contributed by atoms with Crippen LogP contribution in [-0.2, 0) is 4.79 Å². The van der Waals surface area contributed by atoms with Crippen LogP contribution >= 0.6 is 0 Å². The molecule has 0 bridgehead atoms. The molecule has 1 aromatic heterocycles. The monoisotopic (exact) mass is 276 g/mol. The van der Waals surface area contributed by atoms with Gasteiger partial charge in [-0.3, -0.25) is 4.79 Å². The molecule has 2 atom stereocenters. The van der Waals surface area contributed by atoms with E-state index in [9.17, 15) is 4.79 Å². The third-order valence-electron chi connectivity index (χ3n) is 4.62. The van der Waals surface area contributed by atoms with Crippen LogP contribution in [0.3, 0.4) is 0 Å². The molecule has 1 amide bonds. The third-order valence-corrected chi connectivity index (χ3v) is 4.62. The first kappa shape index (κ1) is 13.6. The van der Waals surface area contributed by atoms with E-state index in [4.69, 9.17) is 0 Å². The number of carbonyl (C=O) groups is 1. The molecule has 5 nitrogen and oxygen atoms in total. The van der Waals surface area contributed by atoms with E-state index in [1.807, 2.05) is 24.3 Å². The zero-order chi connectivity index (χ0) is 13.9. The normalized spacial score (nSPS) is 24.9. The van der Waals surface area contributed by atoms with Gasteiger partial charge < -0.3 is 14.8 Å². The summed E-state index contributed by atoms with van der Waals surface area (Å²) in [5.74, 6) is 0.740. The van der Waals surface area contributed by atoms with Gasteiger partial charge in [-0.25, -0.2) is 4.98 Å². The average molecular weight is 276 g/mol. The number of hydrogen-bond acceptors (Lipinski definition) is 3. The van der Waals surface area contributed by atoms with Crippen LogP contribution in [0.15, 0.2) is 12.5 Å². The second-order valence-electron chi connectivity index (χ2n) is 5.98. The summed E-state index contributed by atoms with van der Waals surface area (Å²) in [6, 6.07) is -0.133. The molecule has 1 N–H and O–H groups in total. The fourth-order valence-electron chi connectivity index (χ4n) is 3.36. The summed E-state index contributed by atoms with van der Waals surface area (Å²) in [6.45, 7) is 5.89. The van der Waals surface area contributed by atoms with Gasteiger partial charge in [-0.1, -0.05) is 0 Å². The van der Waals surface area contributed by atoms with Gasteiger partial charge in [0.05, 0.1) is 6.33 Å². The highest BCUT2D eigenvalue weighted by molar-refractivity contribution is 5.80. The van der Waals surface area contributed by atoms with Gasteiger partial charge in [-0.2, -0.15) is 0 Å². The van der Waals surface area contributed by atoms with Crippen molar-refractivity contribution in [3.8, 4) is 0 Å². The van der Waals surface area contributed by atoms with Crippen LogP contribution in [-0.4, -0.2) is 46.5 Å². The molecular formula is C15H24N4O. The lowest BCUT2D eigenvalue weighted by atomic mass is 10.0. The quantitative estimate of drug-likeness (QED) is 0.911. The van der Waals surface area contributed by atoms with Gasteiger partial charge in [0.1, 0.15) is 6.04 Å². The molecule has 2 aliphatic heterocycles. The van der Waals surface area contributed by atoms with Crippen molar-refractivity contribution in [2.75, 3.05) is 26.2 Å². The van der Waals surface area contributed by atoms with Crippen molar-refractivity contribution in [3.05, 3.63) is 18.2 Å². The maximum absolute atomic E-state index is 12.6. The van der Waals surface area contributed by atoms with Crippen LogP contribution in [0.1, 0.15) is 50.3 Å². The highest BCUT2D eigenvalue weighted by Crippen LogP contribution is 2.25. The predicted molar refractivity (Wildman–Crippen MR) is 77.6 cm³/mol. The SMILES string of the molecule is CC(C(=O)N1CCCCC1)n1cncc1C1CCNC1. The van der Waals surface area contributed by atoms with Crippen molar-refractivity contribution >= 4 is 5.91 Å². The summed E-state index contributed by atoms with van der Waals surface area (Å²) < 4.78 is 2.08. The first-order valence-corrected chi connectivity index (χ1v) is 7.78. The Hall–Kier alpha value is -1.36. The van der Waals surface area contributed by atoms with E-state index in [0.29, 0.717) is 5.92 Å². The van der Waals surface area contributed by atoms with Gasteiger partial charge in [-0.05, 0) is 39.2 Å². The van der Waals surface area contributed by atoms with E-state index in [1.54, 1.807) is 0 Å². The van der Waals surface area contributed by atoms with E-state index < -0.39 is 0 Å². The van der Waals surface area contributed by atoms with E-state index in [2.05, 4.69) is 14.9 Å². The number of nitrogens with zero attached hydrogens (tertiary/aromatic N) is 3. The summed E-state index contributed by atoms with van der Waals surface area (Å²) in [4.78, 5) is 18.9. The third kappa shape index (κ3) is 2.59. The Balaban J connectivity index is 1.74. The molecule has 2 aliphatic rings. The Morgan fingerprint density at radius 2 is 2.20 bits per heavy atom. The Kier molecular flexibility index (Phi) is 4.05. The molecule has 2 saturated heterocycles. The van der Waals surface area contributed by atoms with Crippen LogP contribution in [0.2, 0.25) is 0 Å². The molecule has 2 fully saturated rings. The minimum Gasteiger partial charge on any atom is -0.341 e. The lowest BCUT2D eigenvalue weighted by molar-refractivity contribution is -0.135. The summed E-state index contributed by atoms with van der Waals surface area (Å²) >= 11 is 0. The number of imidazole rings is 1. The van der Waals surface area contributed by atoms with Gasteiger partial charge in [0.2, 0.25) is 5.91 Å². The van der Waals surface area contributed by atoms with Crippen LogP contribution in [0.4, 0.5) is 0 Å². The molecule has 0 aliphatic carbocycles. The summed E-state index contributed by atoms with van der Waals surface area (Å²) in [5, 5.41) is 3.38. The molecule has 5 heteroatoms. The maximum atomic E-state index is 12.6. The smallest absolute Gasteiger partial charge is 0.245 e. The topological polar surface area (TPSA) is 50.2 Å². The zero-order valence-corrected chi connectivity index (χ0v) is 12.2. The van der Waals surface area contributed by atoms with E-state index in [1.165, 1.54) is 12.1 Å². The minimum absolute atomic E-state index is 0.133. The summed E-state index contributed by atoms with van der Waals surface area (Å²) in [7, 11) is 0. The molecule has 3 heterocycles. The lowest BCUT2D eigenvalue weighted by Crippen LogP contribution is -2.40. The fraction of sp³-hybridized carbons (Fsp3) is 0.733. The Morgan fingerprint density at radius 1 is 1.40 bits per heavy atom. The predicted octanol–water partition coefficient (Wildman–Crippen LogP) is 1.53. The molecule has 110 valence electrons. The molecule has 2 unspecified atom stereocenters. The second-order valence-corrected chi connectivity index (χ2v) is 5.98. The summed E-state index contributed by atoms with van der Waals surface area (Å²) in [5.41, 5.74) is 1.20. The van der Waals surface area contributed by atoms with Crippen LogP contribution in [0, 0.1) is 0 Å². The number of aromatic nitrogens is 2. The van der Waals surface area contributed by atoms with Crippen molar-refractivity contribution < 1.29 is 4.79 Å². The molecule has 0 spiro atoms. The first-order valence-electron chi connectivity index (χ1n) is 7.78. The molecule has 0 radical (unpaired) electrons. The van der Waals surface area contributed by atoms with Gasteiger partial charge in [0.25, 0.3) is 0 Å². The number of piperidine rings is 1. The molecule has 0 saturated carbocycles. The summed E-state index contributed by atoms with van der Waals surface area (Å²) in [6.07, 6.45) is 8.42. The molecular weight excluding hydrogens is 252 g/mol. The van der Waals surface area contributed by atoms with Gasteiger partial charge in [0.15, 0.2) is 0 Å². The number of likely N-dealkylation sites (tertiary alicyclic amines) is 1. The highest BCUT2D eigenvalue weighted by atomic mass is 16.2. The van der Waals surface area contributed by atoms with Crippen LogP contribution < -0.4 is 5.32 Å². The number of hydrogen-bond donors (Lipinski definition) is 1. The van der Waals surface area contributed by atoms with E-state index >= 15 is 0 Å². The van der Waals surface area contributed by atoms with E-state index in [0.717, 1.165) is 45.4 Å². The van der Waals surface area contributed by atoms with Crippen molar-refractivity contribution in [2.45, 2.75) is 44.6 Å². The largest absolute Gasteiger partial charge is 0.341 e. The van der Waals surface area contributed by atoms with Crippen molar-refractivity contribution in [2.24, 2.45) is 0 Å². The van der Waals surface area contributed by atoms with Crippen LogP contribution in [0.5, 0.6) is 0 Å². The van der Waals surface area contributed by atoms with Crippen molar-refractivity contribution in [1.82, 2.24) is 19.8 Å². The fourth-order valence-corrected chi connectivity index (χ4v) is 3.36. The van der Waals surface area contributed by atoms with Gasteiger partial charge >= 0.3 is 0 Å². The number of amides is 1. The van der Waals surface area contributed by atoms with Crippen molar-refractivity contribution in [1.29, 1.82) is 0 Å². The number of rotatable bonds is 3. The Bertz CT molecular complexity index is 458. The first-order chi connectivity index (χ1) is 9.77. The lowest BCUT2D eigenvalue weighted by Gasteiger charge is -2.30. The number of carbonyl (C=O) groups excluding carboxylic acids is 1. The molecule has 3 rings (SSSR count). The standard InChI is InChI=1S/C15H24N4O/c1-12(15(20)18-7-3-2-4-8-18)19-11-17-10-14(19)13-5-6-16-9-13/h10-13,16H,2-9H2,1H3. The maximum Gasteiger partial charge on any atom is 0.245 e. The van der Waals surface area contributed by atoms with E-state index in [-0.39, 0.29) is 11.9 Å². The van der Waals surface area contributed by atoms with Gasteiger partial charge in [-0.15, -0.1) is 0 Å². The number of nitrogens with one attached hydrogen (secondary N) is 1. The van der Waals surface area contributed by atoms with Crippen molar-refractivity contribution in [3.63, 3.8) is 0 Å².